The van der Waals surface area contributed by atoms with Crippen LogP contribution in [0.25, 0.3) is 0 Å². The van der Waals surface area contributed by atoms with Crippen molar-refractivity contribution in [3.8, 4) is 0 Å². The number of halogens is 2. The SMILES string of the molecule is CN1CCN(C(=O)[C@@H]2CCCN(S(=O)(=O)c3cc(Cl)ccc3Cl)C2)CC1. The molecule has 1 atom stereocenters. The number of piperazine rings is 1. The van der Waals surface area contributed by atoms with E-state index in [0.717, 1.165) is 13.1 Å². The minimum atomic E-state index is -3.78. The minimum Gasteiger partial charge on any atom is -0.340 e. The molecule has 26 heavy (non-hydrogen) atoms. The van der Waals surface area contributed by atoms with Crippen LogP contribution in [-0.4, -0.2) is 74.7 Å². The van der Waals surface area contributed by atoms with Gasteiger partial charge in [-0.1, -0.05) is 23.2 Å². The summed E-state index contributed by atoms with van der Waals surface area (Å²) in [6.07, 6.45) is 1.36. The summed E-state index contributed by atoms with van der Waals surface area (Å²) in [5.41, 5.74) is 0. The van der Waals surface area contributed by atoms with Crippen LogP contribution >= 0.6 is 23.2 Å². The van der Waals surface area contributed by atoms with Gasteiger partial charge >= 0.3 is 0 Å². The highest BCUT2D eigenvalue weighted by molar-refractivity contribution is 7.89. The molecule has 1 aromatic carbocycles. The zero-order valence-corrected chi connectivity index (χ0v) is 17.0. The summed E-state index contributed by atoms with van der Waals surface area (Å²) in [6, 6.07) is 4.40. The first-order valence-corrected chi connectivity index (χ1v) is 10.9. The van der Waals surface area contributed by atoms with E-state index in [4.69, 9.17) is 23.2 Å². The standard InChI is InChI=1S/C17H23Cl2N3O3S/c1-20-7-9-21(10-8-20)17(23)13-3-2-6-22(12-13)26(24,25)16-11-14(18)4-5-15(16)19/h4-5,11,13H,2-3,6-10,12H2,1H3/t13-/m1/s1. The van der Waals surface area contributed by atoms with Crippen molar-refractivity contribution in [1.29, 1.82) is 0 Å². The first-order valence-electron chi connectivity index (χ1n) is 8.71. The van der Waals surface area contributed by atoms with Gasteiger partial charge in [0.15, 0.2) is 0 Å². The van der Waals surface area contributed by atoms with Crippen LogP contribution in [0.4, 0.5) is 0 Å². The number of carbonyl (C=O) groups is 1. The Morgan fingerprint density at radius 1 is 1.12 bits per heavy atom. The fourth-order valence-electron chi connectivity index (χ4n) is 3.46. The quantitative estimate of drug-likeness (QED) is 0.752. The third-order valence-electron chi connectivity index (χ3n) is 5.06. The van der Waals surface area contributed by atoms with E-state index < -0.39 is 10.0 Å². The van der Waals surface area contributed by atoms with Gasteiger partial charge in [-0.2, -0.15) is 4.31 Å². The molecule has 2 heterocycles. The van der Waals surface area contributed by atoms with E-state index in [9.17, 15) is 13.2 Å². The third-order valence-corrected chi connectivity index (χ3v) is 7.64. The van der Waals surface area contributed by atoms with E-state index >= 15 is 0 Å². The maximum absolute atomic E-state index is 13.0. The zero-order valence-electron chi connectivity index (χ0n) is 14.7. The Morgan fingerprint density at radius 2 is 1.81 bits per heavy atom. The molecule has 0 aliphatic carbocycles. The number of hydrogen-bond donors (Lipinski definition) is 0. The summed E-state index contributed by atoms with van der Waals surface area (Å²) >= 11 is 12.0. The van der Waals surface area contributed by atoms with Gasteiger partial charge in [0.2, 0.25) is 15.9 Å². The Morgan fingerprint density at radius 3 is 2.50 bits per heavy atom. The van der Waals surface area contributed by atoms with Crippen LogP contribution < -0.4 is 0 Å². The Labute approximate surface area is 164 Å². The Kier molecular flexibility index (Phi) is 6.14. The van der Waals surface area contributed by atoms with Gasteiger partial charge in [0.25, 0.3) is 0 Å². The van der Waals surface area contributed by atoms with Gasteiger partial charge in [-0.3, -0.25) is 4.79 Å². The smallest absolute Gasteiger partial charge is 0.244 e. The monoisotopic (exact) mass is 419 g/mol. The topological polar surface area (TPSA) is 60.9 Å². The van der Waals surface area contributed by atoms with Crippen LogP contribution in [0.3, 0.4) is 0 Å². The van der Waals surface area contributed by atoms with E-state index in [1.165, 1.54) is 16.4 Å². The average molecular weight is 420 g/mol. The highest BCUT2D eigenvalue weighted by Gasteiger charge is 2.36. The normalized spacial score (nSPS) is 23.2. The van der Waals surface area contributed by atoms with Crippen LogP contribution in [0.2, 0.25) is 10.0 Å². The fourth-order valence-corrected chi connectivity index (χ4v) is 5.72. The van der Waals surface area contributed by atoms with E-state index in [0.29, 0.717) is 37.5 Å². The third kappa shape index (κ3) is 4.17. The summed E-state index contributed by atoms with van der Waals surface area (Å²) in [5, 5.41) is 0.456. The molecule has 0 unspecified atom stereocenters. The van der Waals surface area contributed by atoms with Gasteiger partial charge in [-0.15, -0.1) is 0 Å². The zero-order chi connectivity index (χ0) is 18.9. The van der Waals surface area contributed by atoms with Crippen molar-refractivity contribution in [3.63, 3.8) is 0 Å². The molecule has 0 saturated carbocycles. The van der Waals surface area contributed by atoms with Gasteiger partial charge < -0.3 is 9.80 Å². The molecule has 1 aromatic rings. The molecule has 6 nitrogen and oxygen atoms in total. The average Bonchev–Trinajstić information content (AvgIpc) is 2.64. The molecule has 2 saturated heterocycles. The van der Waals surface area contributed by atoms with Gasteiger partial charge in [-0.25, -0.2) is 8.42 Å². The molecule has 3 rings (SSSR count). The second-order valence-corrected chi connectivity index (χ2v) is 9.66. The number of sulfonamides is 1. The number of rotatable bonds is 3. The number of nitrogens with zero attached hydrogens (tertiary/aromatic N) is 3. The van der Waals surface area contributed by atoms with Crippen molar-refractivity contribution in [2.45, 2.75) is 17.7 Å². The summed E-state index contributed by atoms with van der Waals surface area (Å²) < 4.78 is 27.4. The maximum Gasteiger partial charge on any atom is 0.244 e. The Hall–Kier alpha value is -0.860. The number of amides is 1. The second kappa shape index (κ2) is 8.02. The van der Waals surface area contributed by atoms with Crippen molar-refractivity contribution < 1.29 is 13.2 Å². The fraction of sp³-hybridized carbons (Fsp3) is 0.588. The number of piperidine rings is 1. The second-order valence-electron chi connectivity index (χ2n) is 6.91. The molecular weight excluding hydrogens is 397 g/mol. The molecular formula is C17H23Cl2N3O3S. The molecule has 9 heteroatoms. The first-order chi connectivity index (χ1) is 12.3. The molecule has 0 spiro atoms. The predicted molar refractivity (Wildman–Crippen MR) is 102 cm³/mol. The van der Waals surface area contributed by atoms with Crippen molar-refractivity contribution in [1.82, 2.24) is 14.1 Å². The number of hydrogen-bond acceptors (Lipinski definition) is 4. The minimum absolute atomic E-state index is 0.000590. The predicted octanol–water partition coefficient (Wildman–Crippen LogP) is 2.17. The summed E-state index contributed by atoms with van der Waals surface area (Å²) in [7, 11) is -1.75. The molecule has 2 aliphatic heterocycles. The van der Waals surface area contributed by atoms with Gasteiger partial charge in [0.05, 0.1) is 10.9 Å². The van der Waals surface area contributed by atoms with E-state index in [2.05, 4.69) is 4.90 Å². The number of benzene rings is 1. The first kappa shape index (κ1) is 19.9. The van der Waals surface area contributed by atoms with E-state index in [1.807, 2.05) is 11.9 Å². The van der Waals surface area contributed by atoms with Crippen LogP contribution in [-0.2, 0) is 14.8 Å². The van der Waals surface area contributed by atoms with Crippen LogP contribution in [0.1, 0.15) is 12.8 Å². The number of carbonyl (C=O) groups excluding carboxylic acids is 1. The lowest BCUT2D eigenvalue weighted by molar-refractivity contribution is -0.138. The van der Waals surface area contributed by atoms with E-state index in [-0.39, 0.29) is 28.3 Å². The van der Waals surface area contributed by atoms with Crippen molar-refractivity contribution in [2.75, 3.05) is 46.3 Å². The lowest BCUT2D eigenvalue weighted by Crippen LogP contribution is -2.52. The summed E-state index contributed by atoms with van der Waals surface area (Å²) in [4.78, 5) is 16.9. The molecule has 2 fully saturated rings. The van der Waals surface area contributed by atoms with Gasteiger partial charge in [0, 0.05) is 44.3 Å². The molecule has 0 bridgehead atoms. The summed E-state index contributed by atoms with van der Waals surface area (Å²) in [6.45, 7) is 3.66. The molecule has 144 valence electrons. The largest absolute Gasteiger partial charge is 0.340 e. The lowest BCUT2D eigenvalue weighted by Gasteiger charge is -2.37. The Balaban J connectivity index is 1.75. The molecule has 2 aliphatic rings. The van der Waals surface area contributed by atoms with Crippen molar-refractivity contribution >= 4 is 39.1 Å². The van der Waals surface area contributed by atoms with Crippen molar-refractivity contribution in [2.24, 2.45) is 5.92 Å². The summed E-state index contributed by atoms with van der Waals surface area (Å²) in [5.74, 6) is -0.255. The van der Waals surface area contributed by atoms with Gasteiger partial charge in [-0.05, 0) is 38.1 Å². The van der Waals surface area contributed by atoms with Crippen LogP contribution in [0.5, 0.6) is 0 Å². The van der Waals surface area contributed by atoms with Crippen LogP contribution in [0.15, 0.2) is 23.1 Å². The molecule has 0 N–H and O–H groups in total. The lowest BCUT2D eigenvalue weighted by atomic mass is 9.98. The number of likely N-dealkylation sites (N-methyl/N-ethyl adjacent to an activating group) is 1. The highest BCUT2D eigenvalue weighted by Crippen LogP contribution is 2.31. The van der Waals surface area contributed by atoms with Crippen LogP contribution in [0, 0.1) is 5.92 Å². The van der Waals surface area contributed by atoms with Crippen molar-refractivity contribution in [3.05, 3.63) is 28.2 Å². The van der Waals surface area contributed by atoms with E-state index in [1.54, 1.807) is 6.07 Å². The Bertz CT molecular complexity index is 779. The maximum atomic E-state index is 13.0. The molecule has 0 radical (unpaired) electrons. The molecule has 1 amide bonds. The molecule has 0 aromatic heterocycles. The van der Waals surface area contributed by atoms with Gasteiger partial charge in [0.1, 0.15) is 4.90 Å². The highest BCUT2D eigenvalue weighted by atomic mass is 35.5.